The highest BCUT2D eigenvalue weighted by Gasteiger charge is 2.41. The van der Waals surface area contributed by atoms with Gasteiger partial charge in [0.1, 0.15) is 0 Å². The van der Waals surface area contributed by atoms with Gasteiger partial charge in [-0.05, 0) is 16.7 Å². The molecule has 0 fully saturated rings. The quantitative estimate of drug-likeness (QED) is 0.188. The van der Waals surface area contributed by atoms with E-state index in [4.69, 9.17) is 9.47 Å². The minimum absolute atomic E-state index is 0.487. The van der Waals surface area contributed by atoms with Crippen LogP contribution in [0.2, 0.25) is 0 Å². The van der Waals surface area contributed by atoms with E-state index in [0.29, 0.717) is 26.4 Å². The Bertz CT molecular complexity index is 812. The van der Waals surface area contributed by atoms with Crippen LogP contribution in [0.15, 0.2) is 116 Å². The van der Waals surface area contributed by atoms with Crippen molar-refractivity contribution in [3.63, 3.8) is 0 Å². The lowest BCUT2D eigenvalue weighted by Crippen LogP contribution is -2.50. The Balaban J connectivity index is 2.15. The number of rotatable bonds is 14. The van der Waals surface area contributed by atoms with E-state index >= 15 is 0 Å². The van der Waals surface area contributed by atoms with Crippen molar-refractivity contribution in [2.75, 3.05) is 39.5 Å². The number of ether oxygens (including phenoxy) is 2. The minimum atomic E-state index is -0.487. The molecule has 3 heteroatoms. The molecule has 0 N–H and O–H groups in total. The molecule has 0 aliphatic carbocycles. The highest BCUT2D eigenvalue weighted by molar-refractivity contribution is 5.49. The largest absolute Gasteiger partial charge is 0.376 e. The summed E-state index contributed by atoms with van der Waals surface area (Å²) in [6, 6.07) is 32.1. The third-order valence-electron chi connectivity index (χ3n) is 5.53. The Morgan fingerprint density at radius 2 is 0.938 bits per heavy atom. The fourth-order valence-electron chi connectivity index (χ4n) is 4.22. The molecular weight excluding hydrogens is 394 g/mol. The van der Waals surface area contributed by atoms with Gasteiger partial charge in [-0.1, -0.05) is 103 Å². The van der Waals surface area contributed by atoms with Gasteiger partial charge in [0.25, 0.3) is 0 Å². The van der Waals surface area contributed by atoms with Gasteiger partial charge in [0.2, 0.25) is 0 Å². The van der Waals surface area contributed by atoms with Gasteiger partial charge in [-0.25, -0.2) is 0 Å². The Labute approximate surface area is 192 Å². The summed E-state index contributed by atoms with van der Waals surface area (Å²) < 4.78 is 11.7. The molecule has 0 aliphatic heterocycles. The molecular formula is C29H33NO2. The summed E-state index contributed by atoms with van der Waals surface area (Å²) in [4.78, 5) is 2.47. The van der Waals surface area contributed by atoms with Gasteiger partial charge in [0.05, 0.1) is 32.0 Å². The van der Waals surface area contributed by atoms with Crippen molar-refractivity contribution in [2.24, 2.45) is 0 Å². The third kappa shape index (κ3) is 5.63. The fourth-order valence-corrected chi connectivity index (χ4v) is 4.22. The lowest BCUT2D eigenvalue weighted by molar-refractivity contribution is 0.0544. The van der Waals surface area contributed by atoms with Gasteiger partial charge in [-0.15, -0.1) is 13.2 Å². The predicted octanol–water partition coefficient (Wildman–Crippen LogP) is 5.69. The zero-order valence-electron chi connectivity index (χ0n) is 18.7. The standard InChI is InChI=1S/C29H33NO2/c1-3-22-31-24-20-30(21-25-32-23-4-2)29(26-14-8-5-9-15-26,27-16-10-6-11-17-27)28-18-12-7-13-19-28/h3-19H,1-2,20-25H2. The third-order valence-corrected chi connectivity index (χ3v) is 5.53. The summed E-state index contributed by atoms with van der Waals surface area (Å²) >= 11 is 0. The first-order chi connectivity index (χ1) is 15.8. The maximum Gasteiger partial charge on any atom is 0.0974 e. The van der Waals surface area contributed by atoms with Crippen LogP contribution in [-0.2, 0) is 15.0 Å². The first kappa shape index (κ1) is 23.7. The summed E-state index contributed by atoms with van der Waals surface area (Å²) in [5, 5.41) is 0. The smallest absolute Gasteiger partial charge is 0.0974 e. The van der Waals surface area contributed by atoms with Crippen molar-refractivity contribution in [3.05, 3.63) is 133 Å². The van der Waals surface area contributed by atoms with Gasteiger partial charge in [-0.3, -0.25) is 4.90 Å². The molecule has 0 bridgehead atoms. The second-order valence-electron chi connectivity index (χ2n) is 7.52. The van der Waals surface area contributed by atoms with Crippen molar-refractivity contribution in [3.8, 4) is 0 Å². The molecule has 3 rings (SSSR count). The van der Waals surface area contributed by atoms with Gasteiger partial charge < -0.3 is 9.47 Å². The number of hydrogen-bond donors (Lipinski definition) is 0. The molecule has 3 nitrogen and oxygen atoms in total. The molecule has 0 unspecified atom stereocenters. The average Bonchev–Trinajstić information content (AvgIpc) is 2.86. The number of hydrogen-bond acceptors (Lipinski definition) is 3. The molecule has 0 heterocycles. The van der Waals surface area contributed by atoms with E-state index in [2.05, 4.69) is 109 Å². The van der Waals surface area contributed by atoms with Crippen LogP contribution in [0.25, 0.3) is 0 Å². The van der Waals surface area contributed by atoms with Gasteiger partial charge in [0.15, 0.2) is 0 Å². The topological polar surface area (TPSA) is 21.7 Å². The average molecular weight is 428 g/mol. The van der Waals surface area contributed by atoms with Crippen LogP contribution in [0.1, 0.15) is 16.7 Å². The maximum atomic E-state index is 5.83. The molecule has 0 saturated carbocycles. The first-order valence-corrected chi connectivity index (χ1v) is 11.1. The molecule has 0 aromatic heterocycles. The Hall–Kier alpha value is -2.98. The van der Waals surface area contributed by atoms with Gasteiger partial charge in [0, 0.05) is 13.1 Å². The Kier molecular flexibility index (Phi) is 9.45. The van der Waals surface area contributed by atoms with Gasteiger partial charge in [-0.2, -0.15) is 0 Å². The van der Waals surface area contributed by atoms with E-state index < -0.39 is 5.54 Å². The summed E-state index contributed by atoms with van der Waals surface area (Å²) in [5.74, 6) is 0. The summed E-state index contributed by atoms with van der Waals surface area (Å²) in [6.45, 7) is 11.3. The monoisotopic (exact) mass is 427 g/mol. The van der Waals surface area contributed by atoms with E-state index in [1.165, 1.54) is 16.7 Å². The molecule has 0 aliphatic rings. The highest BCUT2D eigenvalue weighted by Crippen LogP contribution is 2.42. The molecule has 3 aromatic rings. The van der Waals surface area contributed by atoms with Crippen LogP contribution >= 0.6 is 0 Å². The first-order valence-electron chi connectivity index (χ1n) is 11.1. The van der Waals surface area contributed by atoms with Crippen LogP contribution in [0, 0.1) is 0 Å². The SMILES string of the molecule is C=CCOCCN(CCOCC=C)C(c1ccccc1)(c1ccccc1)c1ccccc1. The molecule has 0 spiro atoms. The van der Waals surface area contributed by atoms with E-state index in [-0.39, 0.29) is 0 Å². The zero-order valence-corrected chi connectivity index (χ0v) is 18.7. The van der Waals surface area contributed by atoms with E-state index in [9.17, 15) is 0 Å². The lowest BCUT2D eigenvalue weighted by atomic mass is 9.75. The van der Waals surface area contributed by atoms with Crippen molar-refractivity contribution in [1.82, 2.24) is 4.90 Å². The molecule has 0 saturated heterocycles. The maximum absolute atomic E-state index is 5.83. The van der Waals surface area contributed by atoms with Crippen LogP contribution in [0.5, 0.6) is 0 Å². The fraction of sp³-hybridized carbons (Fsp3) is 0.241. The molecule has 3 aromatic carbocycles. The molecule has 0 radical (unpaired) electrons. The van der Waals surface area contributed by atoms with Crippen LogP contribution in [-0.4, -0.2) is 44.4 Å². The summed E-state index contributed by atoms with van der Waals surface area (Å²) in [6.07, 6.45) is 3.58. The molecule has 166 valence electrons. The minimum Gasteiger partial charge on any atom is -0.376 e. The normalized spacial score (nSPS) is 11.4. The molecule has 0 atom stereocenters. The van der Waals surface area contributed by atoms with Crippen molar-refractivity contribution in [2.45, 2.75) is 5.54 Å². The molecule has 0 amide bonds. The van der Waals surface area contributed by atoms with Crippen molar-refractivity contribution >= 4 is 0 Å². The summed E-state index contributed by atoms with van der Waals surface area (Å²) in [5.41, 5.74) is 3.15. The van der Waals surface area contributed by atoms with E-state index in [1.807, 2.05) is 0 Å². The van der Waals surface area contributed by atoms with Gasteiger partial charge >= 0.3 is 0 Å². The number of benzene rings is 3. The van der Waals surface area contributed by atoms with Crippen LogP contribution in [0.3, 0.4) is 0 Å². The molecule has 32 heavy (non-hydrogen) atoms. The van der Waals surface area contributed by atoms with E-state index in [1.54, 1.807) is 12.2 Å². The van der Waals surface area contributed by atoms with Crippen LogP contribution < -0.4 is 0 Å². The Morgan fingerprint density at radius 1 is 0.594 bits per heavy atom. The van der Waals surface area contributed by atoms with Crippen LogP contribution in [0.4, 0.5) is 0 Å². The second kappa shape index (κ2) is 12.8. The Morgan fingerprint density at radius 3 is 1.25 bits per heavy atom. The predicted molar refractivity (Wildman–Crippen MR) is 133 cm³/mol. The summed E-state index contributed by atoms with van der Waals surface area (Å²) in [7, 11) is 0. The zero-order chi connectivity index (χ0) is 22.5. The second-order valence-corrected chi connectivity index (χ2v) is 7.52. The highest BCUT2D eigenvalue weighted by atomic mass is 16.5. The number of nitrogens with zero attached hydrogens (tertiary/aromatic N) is 1. The lowest BCUT2D eigenvalue weighted by Gasteiger charge is -2.45. The van der Waals surface area contributed by atoms with Crippen molar-refractivity contribution < 1.29 is 9.47 Å². The van der Waals surface area contributed by atoms with E-state index in [0.717, 1.165) is 13.1 Å². The van der Waals surface area contributed by atoms with Crippen molar-refractivity contribution in [1.29, 1.82) is 0 Å².